The zero-order valence-electron chi connectivity index (χ0n) is 7.38. The third-order valence-electron chi connectivity index (χ3n) is 2.53. The summed E-state index contributed by atoms with van der Waals surface area (Å²) < 4.78 is 0. The number of nitrogens with two attached hydrogens (primary N) is 1. The standard InChI is InChI=1S/C9H13BN2/c1-10-7-2-3-8(12-6-7)9(11)4-5-9/h2-3,6,10H,4-5,11H2,1H3. The highest BCUT2D eigenvalue weighted by Crippen LogP contribution is 2.41. The van der Waals surface area contributed by atoms with Gasteiger partial charge in [-0.1, -0.05) is 18.4 Å². The van der Waals surface area contributed by atoms with Gasteiger partial charge < -0.3 is 5.73 Å². The molecule has 3 heteroatoms. The van der Waals surface area contributed by atoms with E-state index in [2.05, 4.69) is 23.9 Å². The summed E-state index contributed by atoms with van der Waals surface area (Å²) in [6.45, 7) is 2.13. The molecule has 0 spiro atoms. The van der Waals surface area contributed by atoms with E-state index in [1.165, 1.54) is 5.46 Å². The van der Waals surface area contributed by atoms with Gasteiger partial charge in [0, 0.05) is 6.20 Å². The largest absolute Gasteiger partial charge is 0.320 e. The minimum atomic E-state index is -0.0771. The maximum atomic E-state index is 6.00. The Bertz CT molecular complexity index is 277. The third-order valence-corrected chi connectivity index (χ3v) is 2.53. The van der Waals surface area contributed by atoms with Crippen molar-refractivity contribution in [3.05, 3.63) is 24.0 Å². The molecular formula is C9H13BN2. The van der Waals surface area contributed by atoms with Gasteiger partial charge >= 0.3 is 0 Å². The minimum Gasteiger partial charge on any atom is -0.320 e. The van der Waals surface area contributed by atoms with Gasteiger partial charge in [-0.2, -0.15) is 0 Å². The molecule has 0 amide bonds. The first-order valence-corrected chi connectivity index (χ1v) is 4.49. The average molecular weight is 160 g/mol. The Balaban J connectivity index is 2.25. The number of aromatic nitrogens is 1. The zero-order chi connectivity index (χ0) is 8.60. The highest BCUT2D eigenvalue weighted by Gasteiger charge is 2.41. The second kappa shape index (κ2) is 2.59. The number of rotatable bonds is 2. The summed E-state index contributed by atoms with van der Waals surface area (Å²) >= 11 is 0. The van der Waals surface area contributed by atoms with Crippen LogP contribution in [0.15, 0.2) is 18.3 Å². The topological polar surface area (TPSA) is 38.9 Å². The molecule has 1 saturated carbocycles. The fourth-order valence-corrected chi connectivity index (χ4v) is 1.32. The van der Waals surface area contributed by atoms with E-state index in [0.717, 1.165) is 25.8 Å². The van der Waals surface area contributed by atoms with E-state index in [9.17, 15) is 0 Å². The van der Waals surface area contributed by atoms with E-state index in [1.54, 1.807) is 0 Å². The molecule has 1 aliphatic carbocycles. The SMILES string of the molecule is CBc1ccc(C2(N)CC2)nc1. The van der Waals surface area contributed by atoms with Crippen molar-refractivity contribution < 1.29 is 0 Å². The van der Waals surface area contributed by atoms with E-state index in [4.69, 9.17) is 5.73 Å². The third kappa shape index (κ3) is 1.25. The minimum absolute atomic E-state index is 0.0771. The summed E-state index contributed by atoms with van der Waals surface area (Å²) in [6, 6.07) is 4.18. The van der Waals surface area contributed by atoms with Crippen LogP contribution in [0, 0.1) is 0 Å². The van der Waals surface area contributed by atoms with Crippen LogP contribution < -0.4 is 11.2 Å². The Morgan fingerprint density at radius 3 is 2.67 bits per heavy atom. The molecular weight excluding hydrogens is 147 g/mol. The Morgan fingerprint density at radius 1 is 1.50 bits per heavy atom. The molecule has 0 saturated heterocycles. The molecule has 12 heavy (non-hydrogen) atoms. The van der Waals surface area contributed by atoms with Gasteiger partial charge in [-0.3, -0.25) is 4.98 Å². The maximum Gasteiger partial charge on any atom is 0.156 e. The molecule has 0 atom stereocenters. The molecule has 0 radical (unpaired) electrons. The molecule has 1 fully saturated rings. The maximum absolute atomic E-state index is 6.00. The molecule has 0 aliphatic heterocycles. The fourth-order valence-electron chi connectivity index (χ4n) is 1.32. The smallest absolute Gasteiger partial charge is 0.156 e. The van der Waals surface area contributed by atoms with Gasteiger partial charge in [0.15, 0.2) is 7.28 Å². The summed E-state index contributed by atoms with van der Waals surface area (Å²) in [5.41, 5.74) is 8.26. The molecule has 1 heterocycles. The molecule has 0 bridgehead atoms. The van der Waals surface area contributed by atoms with Crippen LogP contribution in [0.1, 0.15) is 18.5 Å². The summed E-state index contributed by atoms with van der Waals surface area (Å²) in [5.74, 6) is 0. The average Bonchev–Trinajstić information content (AvgIpc) is 2.85. The predicted octanol–water partition coefficient (Wildman–Crippen LogP) is 0.139. The molecule has 2 N–H and O–H groups in total. The van der Waals surface area contributed by atoms with Crippen molar-refractivity contribution in [2.75, 3.05) is 0 Å². The quantitative estimate of drug-likeness (QED) is 0.625. The lowest BCUT2D eigenvalue weighted by Crippen LogP contribution is -2.22. The molecule has 0 unspecified atom stereocenters. The second-order valence-electron chi connectivity index (χ2n) is 3.56. The first-order valence-electron chi connectivity index (χ1n) is 4.49. The number of pyridine rings is 1. The molecule has 2 rings (SSSR count). The van der Waals surface area contributed by atoms with E-state index < -0.39 is 0 Å². The van der Waals surface area contributed by atoms with Crippen LogP contribution in [0.4, 0.5) is 0 Å². The lowest BCUT2D eigenvalue weighted by atomic mass is 9.74. The highest BCUT2D eigenvalue weighted by molar-refractivity contribution is 6.51. The van der Waals surface area contributed by atoms with E-state index in [0.29, 0.717) is 0 Å². The molecule has 2 nitrogen and oxygen atoms in total. The van der Waals surface area contributed by atoms with Crippen molar-refractivity contribution in [2.45, 2.75) is 25.2 Å². The van der Waals surface area contributed by atoms with E-state index in [1.807, 2.05) is 6.20 Å². The van der Waals surface area contributed by atoms with Gasteiger partial charge in [-0.15, -0.1) is 0 Å². The second-order valence-corrected chi connectivity index (χ2v) is 3.56. The fraction of sp³-hybridized carbons (Fsp3) is 0.444. The van der Waals surface area contributed by atoms with Crippen LogP contribution in [0.2, 0.25) is 6.82 Å². The Hall–Kier alpha value is -0.825. The van der Waals surface area contributed by atoms with Gasteiger partial charge in [-0.25, -0.2) is 0 Å². The Kier molecular flexibility index (Phi) is 1.69. The van der Waals surface area contributed by atoms with Gasteiger partial charge in [0.25, 0.3) is 0 Å². The van der Waals surface area contributed by atoms with Gasteiger partial charge in [0.05, 0.1) is 11.2 Å². The van der Waals surface area contributed by atoms with Crippen molar-refractivity contribution in [1.82, 2.24) is 4.98 Å². The van der Waals surface area contributed by atoms with Crippen LogP contribution in [0.25, 0.3) is 0 Å². The first kappa shape index (κ1) is 7.81. The molecule has 1 aliphatic rings. The first-order chi connectivity index (χ1) is 5.74. The van der Waals surface area contributed by atoms with Crippen molar-refractivity contribution in [3.63, 3.8) is 0 Å². The molecule has 1 aromatic heterocycles. The van der Waals surface area contributed by atoms with Crippen molar-refractivity contribution in [1.29, 1.82) is 0 Å². The van der Waals surface area contributed by atoms with Crippen LogP contribution in [0.5, 0.6) is 0 Å². The summed E-state index contributed by atoms with van der Waals surface area (Å²) in [4.78, 5) is 4.36. The van der Waals surface area contributed by atoms with Gasteiger partial charge in [-0.05, 0) is 18.9 Å². The summed E-state index contributed by atoms with van der Waals surface area (Å²) in [7, 11) is 1.05. The Morgan fingerprint density at radius 2 is 2.25 bits per heavy atom. The molecule has 1 aromatic rings. The normalized spacial score (nSPS) is 18.8. The Labute approximate surface area is 73.4 Å². The van der Waals surface area contributed by atoms with Crippen LogP contribution in [0.3, 0.4) is 0 Å². The van der Waals surface area contributed by atoms with Crippen molar-refractivity contribution >= 4 is 12.7 Å². The molecule has 0 aromatic carbocycles. The van der Waals surface area contributed by atoms with Crippen molar-refractivity contribution in [2.24, 2.45) is 5.73 Å². The van der Waals surface area contributed by atoms with Crippen LogP contribution >= 0.6 is 0 Å². The van der Waals surface area contributed by atoms with Gasteiger partial charge in [0.1, 0.15) is 0 Å². The van der Waals surface area contributed by atoms with E-state index >= 15 is 0 Å². The number of hydrogen-bond donors (Lipinski definition) is 1. The van der Waals surface area contributed by atoms with Crippen molar-refractivity contribution in [3.8, 4) is 0 Å². The highest BCUT2D eigenvalue weighted by atomic mass is 14.9. The van der Waals surface area contributed by atoms with Gasteiger partial charge in [0.2, 0.25) is 0 Å². The lowest BCUT2D eigenvalue weighted by molar-refractivity contribution is 0.708. The predicted molar refractivity (Wildman–Crippen MR) is 52.0 cm³/mol. The molecule has 62 valence electrons. The summed E-state index contributed by atoms with van der Waals surface area (Å²) in [5, 5.41) is 0. The summed E-state index contributed by atoms with van der Waals surface area (Å²) in [6.07, 6.45) is 4.11. The van der Waals surface area contributed by atoms with E-state index in [-0.39, 0.29) is 5.54 Å². The lowest BCUT2D eigenvalue weighted by Gasteiger charge is -2.07. The number of hydrogen-bond acceptors (Lipinski definition) is 2. The van der Waals surface area contributed by atoms with Crippen LogP contribution in [-0.4, -0.2) is 12.3 Å². The van der Waals surface area contributed by atoms with Crippen LogP contribution in [-0.2, 0) is 5.54 Å². The zero-order valence-corrected chi connectivity index (χ0v) is 7.38. The number of nitrogens with zero attached hydrogens (tertiary/aromatic N) is 1. The monoisotopic (exact) mass is 160 g/mol.